The zero-order valence-electron chi connectivity index (χ0n) is 17.3. The first-order valence-corrected chi connectivity index (χ1v) is 10.7. The first-order chi connectivity index (χ1) is 14.6. The van der Waals surface area contributed by atoms with E-state index in [4.69, 9.17) is 17.2 Å². The van der Waals surface area contributed by atoms with Crippen LogP contribution in [0.15, 0.2) is 0 Å². The van der Waals surface area contributed by atoms with E-state index in [1.54, 1.807) is 0 Å². The summed E-state index contributed by atoms with van der Waals surface area (Å²) in [7, 11) is 0. The minimum Gasteiger partial charge on any atom is -0.480 e. The SMILES string of the molecule is NCCCCC(NC(=O)C(CS)NC(=O)C1CCCN1C(=O)C(N)CC(N)=O)C(=O)O. The smallest absolute Gasteiger partial charge is 0.326 e. The van der Waals surface area contributed by atoms with Crippen LogP contribution in [-0.2, 0) is 24.0 Å². The average molecular weight is 461 g/mol. The molecular weight excluding hydrogens is 428 g/mol. The Hall–Kier alpha value is -2.38. The lowest BCUT2D eigenvalue weighted by atomic mass is 10.1. The standard InChI is InChI=1S/C18H32N6O6S/c19-6-2-1-4-11(18(29)30)22-15(26)12(9-31)23-16(27)13-5-3-7-24(13)17(28)10(20)8-14(21)25/h10-13,31H,1-9,19-20H2,(H2,21,25)(H,22,26)(H,23,27)(H,29,30). The molecule has 0 aromatic rings. The van der Waals surface area contributed by atoms with Gasteiger partial charge in [0.15, 0.2) is 0 Å². The topological polar surface area (TPSA) is 211 Å². The highest BCUT2D eigenvalue weighted by Crippen LogP contribution is 2.19. The van der Waals surface area contributed by atoms with Gasteiger partial charge in [-0.1, -0.05) is 0 Å². The average Bonchev–Trinajstić information content (AvgIpc) is 3.19. The third-order valence-electron chi connectivity index (χ3n) is 4.95. The van der Waals surface area contributed by atoms with Gasteiger partial charge in [-0.2, -0.15) is 12.6 Å². The number of rotatable bonds is 13. The van der Waals surface area contributed by atoms with Crippen molar-refractivity contribution in [3.8, 4) is 0 Å². The fraction of sp³-hybridized carbons (Fsp3) is 0.722. The largest absolute Gasteiger partial charge is 0.480 e. The molecule has 1 aliphatic rings. The lowest BCUT2D eigenvalue weighted by Gasteiger charge is -2.28. The van der Waals surface area contributed by atoms with E-state index >= 15 is 0 Å². The number of nitrogens with zero attached hydrogens (tertiary/aromatic N) is 1. The molecule has 0 aromatic carbocycles. The Morgan fingerprint density at radius 2 is 1.81 bits per heavy atom. The fourth-order valence-corrected chi connectivity index (χ4v) is 3.56. The van der Waals surface area contributed by atoms with E-state index < -0.39 is 53.8 Å². The quantitative estimate of drug-likeness (QED) is 0.113. The number of hydrogen-bond acceptors (Lipinski definition) is 8. The Kier molecular flexibility index (Phi) is 11.3. The summed E-state index contributed by atoms with van der Waals surface area (Å²) >= 11 is 4.07. The number of thiol groups is 1. The molecule has 0 aromatic heterocycles. The highest BCUT2D eigenvalue weighted by Gasteiger charge is 2.38. The normalized spacial score (nSPS) is 18.7. The van der Waals surface area contributed by atoms with E-state index in [0.29, 0.717) is 32.2 Å². The van der Waals surface area contributed by atoms with Crippen molar-refractivity contribution >= 4 is 42.2 Å². The fourth-order valence-electron chi connectivity index (χ4n) is 3.30. The molecule has 12 nitrogen and oxygen atoms in total. The van der Waals surface area contributed by atoms with Gasteiger partial charge in [0, 0.05) is 12.3 Å². The van der Waals surface area contributed by atoms with Crippen molar-refractivity contribution in [2.24, 2.45) is 17.2 Å². The second-order valence-electron chi connectivity index (χ2n) is 7.39. The number of carbonyl (C=O) groups is 5. The summed E-state index contributed by atoms with van der Waals surface area (Å²) in [4.78, 5) is 61.4. The van der Waals surface area contributed by atoms with Crippen molar-refractivity contribution in [2.45, 2.75) is 62.7 Å². The van der Waals surface area contributed by atoms with Crippen molar-refractivity contribution in [1.29, 1.82) is 0 Å². The van der Waals surface area contributed by atoms with E-state index in [1.165, 1.54) is 4.90 Å². The maximum absolute atomic E-state index is 12.7. The second-order valence-corrected chi connectivity index (χ2v) is 7.76. The van der Waals surface area contributed by atoms with Crippen LogP contribution in [0.3, 0.4) is 0 Å². The van der Waals surface area contributed by atoms with E-state index in [1.807, 2.05) is 0 Å². The van der Waals surface area contributed by atoms with Crippen LogP contribution in [0.25, 0.3) is 0 Å². The van der Waals surface area contributed by atoms with Crippen molar-refractivity contribution in [1.82, 2.24) is 15.5 Å². The molecule has 0 aliphatic carbocycles. The second kappa shape index (κ2) is 13.1. The Bertz CT molecular complexity index is 678. The first-order valence-electron chi connectivity index (χ1n) is 10.1. The molecule has 1 rings (SSSR count). The van der Waals surface area contributed by atoms with Crippen molar-refractivity contribution < 1.29 is 29.1 Å². The maximum atomic E-state index is 12.7. The number of carboxylic acid groups (broad SMARTS) is 1. The van der Waals surface area contributed by atoms with E-state index in [-0.39, 0.29) is 25.1 Å². The van der Waals surface area contributed by atoms with Gasteiger partial charge >= 0.3 is 5.97 Å². The van der Waals surface area contributed by atoms with Crippen LogP contribution in [0, 0.1) is 0 Å². The van der Waals surface area contributed by atoms with Crippen LogP contribution in [0.4, 0.5) is 0 Å². The van der Waals surface area contributed by atoms with Gasteiger partial charge in [0.25, 0.3) is 0 Å². The van der Waals surface area contributed by atoms with Crippen LogP contribution in [0.2, 0.25) is 0 Å². The van der Waals surface area contributed by atoms with Crippen LogP contribution >= 0.6 is 12.6 Å². The molecule has 1 saturated heterocycles. The number of primary amides is 1. The summed E-state index contributed by atoms with van der Waals surface area (Å²) in [5.41, 5.74) is 16.2. The molecular formula is C18H32N6O6S. The molecule has 176 valence electrons. The Balaban J connectivity index is 2.75. The number of nitrogens with two attached hydrogens (primary N) is 3. The minimum atomic E-state index is -1.19. The molecule has 9 N–H and O–H groups in total. The summed E-state index contributed by atoms with van der Waals surface area (Å²) in [6, 6.07) is -4.22. The highest BCUT2D eigenvalue weighted by molar-refractivity contribution is 7.80. The number of aliphatic carboxylic acids is 1. The van der Waals surface area contributed by atoms with Crippen LogP contribution in [-0.4, -0.2) is 82.6 Å². The predicted molar refractivity (Wildman–Crippen MR) is 115 cm³/mol. The Morgan fingerprint density at radius 3 is 2.35 bits per heavy atom. The number of amides is 4. The van der Waals surface area contributed by atoms with Gasteiger partial charge in [0.2, 0.25) is 23.6 Å². The molecule has 13 heteroatoms. The molecule has 31 heavy (non-hydrogen) atoms. The van der Waals surface area contributed by atoms with E-state index in [2.05, 4.69) is 23.3 Å². The molecule has 0 spiro atoms. The molecule has 0 bridgehead atoms. The van der Waals surface area contributed by atoms with Gasteiger partial charge in [0.05, 0.1) is 12.5 Å². The summed E-state index contributed by atoms with van der Waals surface area (Å²) in [5.74, 6) is -3.84. The molecule has 1 heterocycles. The van der Waals surface area contributed by atoms with Gasteiger partial charge < -0.3 is 37.8 Å². The number of carbonyl (C=O) groups excluding carboxylic acids is 4. The lowest BCUT2D eigenvalue weighted by Crippen LogP contribution is -2.57. The summed E-state index contributed by atoms with van der Waals surface area (Å²) in [5, 5.41) is 14.2. The summed E-state index contributed by atoms with van der Waals surface area (Å²) in [6.07, 6.45) is 1.91. The number of carboxylic acids is 1. The number of likely N-dealkylation sites (tertiary alicyclic amines) is 1. The van der Waals surface area contributed by atoms with Gasteiger partial charge in [-0.25, -0.2) is 4.79 Å². The third kappa shape index (κ3) is 8.34. The number of hydrogen-bond donors (Lipinski definition) is 7. The third-order valence-corrected chi connectivity index (χ3v) is 5.32. The maximum Gasteiger partial charge on any atom is 0.326 e. The molecule has 0 radical (unpaired) electrons. The summed E-state index contributed by atoms with van der Waals surface area (Å²) < 4.78 is 0. The van der Waals surface area contributed by atoms with Crippen molar-refractivity contribution in [3.05, 3.63) is 0 Å². The lowest BCUT2D eigenvalue weighted by molar-refractivity contribution is -0.143. The van der Waals surface area contributed by atoms with Crippen molar-refractivity contribution in [2.75, 3.05) is 18.8 Å². The Morgan fingerprint density at radius 1 is 1.13 bits per heavy atom. The molecule has 1 fully saturated rings. The van der Waals surface area contributed by atoms with Gasteiger partial charge in [-0.3, -0.25) is 19.2 Å². The van der Waals surface area contributed by atoms with Crippen LogP contribution < -0.4 is 27.8 Å². The zero-order chi connectivity index (χ0) is 23.6. The van der Waals surface area contributed by atoms with Crippen LogP contribution in [0.1, 0.15) is 38.5 Å². The van der Waals surface area contributed by atoms with Gasteiger partial charge in [0.1, 0.15) is 18.1 Å². The summed E-state index contributed by atoms with van der Waals surface area (Å²) in [6.45, 7) is 0.693. The van der Waals surface area contributed by atoms with E-state index in [0.717, 1.165) is 0 Å². The monoisotopic (exact) mass is 460 g/mol. The molecule has 1 aliphatic heterocycles. The highest BCUT2D eigenvalue weighted by atomic mass is 32.1. The first kappa shape index (κ1) is 26.7. The van der Waals surface area contributed by atoms with Gasteiger partial charge in [-0.05, 0) is 38.6 Å². The minimum absolute atomic E-state index is 0.0748. The van der Waals surface area contributed by atoms with Crippen molar-refractivity contribution in [3.63, 3.8) is 0 Å². The molecule has 4 unspecified atom stereocenters. The molecule has 0 saturated carbocycles. The number of unbranched alkanes of at least 4 members (excludes halogenated alkanes) is 1. The molecule has 4 amide bonds. The van der Waals surface area contributed by atoms with Crippen LogP contribution in [0.5, 0.6) is 0 Å². The number of nitrogens with one attached hydrogen (secondary N) is 2. The predicted octanol–water partition coefficient (Wildman–Crippen LogP) is -2.71. The molecule has 4 atom stereocenters. The Labute approximate surface area is 186 Å². The van der Waals surface area contributed by atoms with E-state index in [9.17, 15) is 29.1 Å². The zero-order valence-corrected chi connectivity index (χ0v) is 18.2. The van der Waals surface area contributed by atoms with Gasteiger partial charge in [-0.15, -0.1) is 0 Å².